The van der Waals surface area contributed by atoms with Crippen molar-refractivity contribution in [3.05, 3.63) is 23.3 Å². The molecule has 0 atom stereocenters. The first-order valence-corrected chi connectivity index (χ1v) is 6.54. The Morgan fingerprint density at radius 1 is 1.20 bits per heavy atom. The van der Waals surface area contributed by atoms with Crippen molar-refractivity contribution in [1.82, 2.24) is 0 Å². The first-order chi connectivity index (χ1) is 9.72. The van der Waals surface area contributed by atoms with Crippen molar-refractivity contribution in [2.24, 2.45) is 4.99 Å². The van der Waals surface area contributed by atoms with E-state index < -0.39 is 5.54 Å². The van der Waals surface area contributed by atoms with Gasteiger partial charge in [0.2, 0.25) is 6.08 Å². The number of hydrogen-bond acceptors (Lipinski definition) is 5. The molecule has 0 amide bonds. The minimum absolute atomic E-state index is 0.434. The molecule has 0 unspecified atom stereocenters. The van der Waals surface area contributed by atoms with E-state index in [1.807, 2.05) is 12.1 Å². The molecule has 0 aliphatic heterocycles. The van der Waals surface area contributed by atoms with Crippen LogP contribution in [0.2, 0.25) is 0 Å². The molecule has 1 aliphatic carbocycles. The van der Waals surface area contributed by atoms with Crippen molar-refractivity contribution in [2.45, 2.75) is 31.4 Å². The Hall–Kier alpha value is -1.84. The number of aliphatic imine (C=N–C) groups is 1. The zero-order chi connectivity index (χ0) is 14.6. The minimum Gasteiger partial charge on any atom is -0.492 e. The molecule has 0 heterocycles. The highest BCUT2D eigenvalue weighted by atomic mass is 16.5. The van der Waals surface area contributed by atoms with Gasteiger partial charge in [-0.25, -0.2) is 4.79 Å². The van der Waals surface area contributed by atoms with Crippen molar-refractivity contribution in [3.63, 3.8) is 0 Å². The number of carbonyl (C=O) groups excluding carboxylic acids is 1. The van der Waals surface area contributed by atoms with E-state index in [2.05, 4.69) is 4.99 Å². The van der Waals surface area contributed by atoms with Crippen LogP contribution < -0.4 is 9.47 Å². The van der Waals surface area contributed by atoms with E-state index in [4.69, 9.17) is 14.2 Å². The van der Waals surface area contributed by atoms with E-state index in [0.29, 0.717) is 18.1 Å². The molecule has 0 N–H and O–H groups in total. The third-order valence-electron chi connectivity index (χ3n) is 3.84. The van der Waals surface area contributed by atoms with E-state index in [1.165, 1.54) is 0 Å². The second-order valence-corrected chi connectivity index (χ2v) is 4.86. The molecule has 0 bridgehead atoms. The monoisotopic (exact) mass is 277 g/mol. The average Bonchev–Trinajstić information content (AvgIpc) is 2.42. The Balaban J connectivity index is 2.56. The first-order valence-electron chi connectivity index (χ1n) is 6.54. The summed E-state index contributed by atoms with van der Waals surface area (Å²) in [5.74, 6) is 1.26. The van der Waals surface area contributed by atoms with E-state index in [0.717, 1.165) is 30.4 Å². The number of benzene rings is 1. The third-order valence-corrected chi connectivity index (χ3v) is 3.84. The van der Waals surface area contributed by atoms with Gasteiger partial charge in [0.15, 0.2) is 11.5 Å². The Morgan fingerprint density at radius 2 is 1.90 bits per heavy atom. The largest absolute Gasteiger partial charge is 0.492 e. The quantitative estimate of drug-likeness (QED) is 0.592. The fourth-order valence-corrected chi connectivity index (χ4v) is 2.71. The van der Waals surface area contributed by atoms with Crippen LogP contribution in [0.25, 0.3) is 0 Å². The zero-order valence-electron chi connectivity index (χ0n) is 12.1. The first kappa shape index (κ1) is 14.6. The predicted octanol–water partition coefficient (Wildman–Crippen LogP) is 2.57. The molecule has 1 aromatic rings. The van der Waals surface area contributed by atoms with Gasteiger partial charge in [0.25, 0.3) is 0 Å². The highest BCUT2D eigenvalue weighted by Crippen LogP contribution is 2.51. The Morgan fingerprint density at radius 3 is 2.35 bits per heavy atom. The third kappa shape index (κ3) is 2.30. The van der Waals surface area contributed by atoms with Crippen molar-refractivity contribution < 1.29 is 19.0 Å². The molecule has 0 spiro atoms. The van der Waals surface area contributed by atoms with Crippen LogP contribution in [0.5, 0.6) is 11.5 Å². The average molecular weight is 277 g/mol. The maximum atomic E-state index is 10.7. The van der Waals surface area contributed by atoms with Crippen LogP contribution in [0, 0.1) is 0 Å². The van der Waals surface area contributed by atoms with Gasteiger partial charge in [-0.3, -0.25) is 0 Å². The van der Waals surface area contributed by atoms with Crippen LogP contribution in [-0.4, -0.2) is 27.4 Å². The molecular weight excluding hydrogens is 258 g/mol. The number of ether oxygens (including phenoxy) is 3. The molecule has 0 aromatic heterocycles. The van der Waals surface area contributed by atoms with Gasteiger partial charge in [-0.05, 0) is 19.3 Å². The van der Waals surface area contributed by atoms with E-state index in [-0.39, 0.29) is 0 Å². The normalized spacial score (nSPS) is 15.9. The molecule has 2 rings (SSSR count). The summed E-state index contributed by atoms with van der Waals surface area (Å²) in [7, 11) is 4.82. The lowest BCUT2D eigenvalue weighted by Crippen LogP contribution is -2.32. The fraction of sp³-hybridized carbons (Fsp3) is 0.533. The maximum Gasteiger partial charge on any atom is 0.235 e. The van der Waals surface area contributed by atoms with Gasteiger partial charge in [0, 0.05) is 18.2 Å². The van der Waals surface area contributed by atoms with Gasteiger partial charge in [-0.1, -0.05) is 12.1 Å². The molecule has 108 valence electrons. The summed E-state index contributed by atoms with van der Waals surface area (Å²) < 4.78 is 16.1. The van der Waals surface area contributed by atoms with E-state index in [9.17, 15) is 4.79 Å². The topological polar surface area (TPSA) is 57.1 Å². The molecule has 20 heavy (non-hydrogen) atoms. The van der Waals surface area contributed by atoms with Crippen molar-refractivity contribution in [2.75, 3.05) is 21.3 Å². The number of rotatable bonds is 6. The highest BCUT2D eigenvalue weighted by molar-refractivity contribution is 5.56. The Kier molecular flexibility index (Phi) is 4.42. The summed E-state index contributed by atoms with van der Waals surface area (Å²) >= 11 is 0. The van der Waals surface area contributed by atoms with Crippen LogP contribution in [0.4, 0.5) is 0 Å². The maximum absolute atomic E-state index is 10.7. The lowest BCUT2D eigenvalue weighted by Gasteiger charge is -2.38. The van der Waals surface area contributed by atoms with Crippen LogP contribution in [-0.2, 0) is 21.7 Å². The van der Waals surface area contributed by atoms with Crippen LogP contribution in [0.3, 0.4) is 0 Å². The molecule has 5 heteroatoms. The summed E-state index contributed by atoms with van der Waals surface area (Å²) in [6.45, 7) is 0.434. The number of methoxy groups -OCH3 is 3. The van der Waals surface area contributed by atoms with Gasteiger partial charge in [0.05, 0.1) is 20.8 Å². The number of nitrogens with zero attached hydrogens (tertiary/aromatic N) is 1. The molecule has 1 aliphatic rings. The summed E-state index contributed by atoms with van der Waals surface area (Å²) in [5.41, 5.74) is 1.28. The Bertz CT molecular complexity index is 531. The molecular formula is C15H19NO4. The molecule has 1 fully saturated rings. The molecule has 1 aromatic carbocycles. The van der Waals surface area contributed by atoms with Crippen molar-refractivity contribution >= 4 is 6.08 Å². The second-order valence-electron chi connectivity index (χ2n) is 4.86. The molecule has 5 nitrogen and oxygen atoms in total. The van der Waals surface area contributed by atoms with Crippen LogP contribution in [0.1, 0.15) is 30.4 Å². The van der Waals surface area contributed by atoms with Gasteiger partial charge < -0.3 is 14.2 Å². The molecule has 0 radical (unpaired) electrons. The van der Waals surface area contributed by atoms with Gasteiger partial charge in [-0.15, -0.1) is 0 Å². The smallest absolute Gasteiger partial charge is 0.235 e. The summed E-state index contributed by atoms with van der Waals surface area (Å²) in [4.78, 5) is 14.7. The number of hydrogen-bond donors (Lipinski definition) is 0. The van der Waals surface area contributed by atoms with E-state index >= 15 is 0 Å². The Labute approximate surface area is 118 Å². The van der Waals surface area contributed by atoms with Gasteiger partial charge >= 0.3 is 0 Å². The van der Waals surface area contributed by atoms with Crippen molar-refractivity contribution in [1.29, 1.82) is 0 Å². The standard InChI is InChI=1S/C15H19NO4/c1-18-9-11-5-6-12(14(20-3)13(11)19-2)15(16-10-17)7-4-8-15/h5-6H,4,7-9H2,1-3H3. The lowest BCUT2D eigenvalue weighted by atomic mass is 9.71. The SMILES string of the molecule is COCc1ccc(C2(N=C=O)CCC2)c(OC)c1OC. The highest BCUT2D eigenvalue weighted by Gasteiger charge is 2.42. The molecule has 1 saturated carbocycles. The predicted molar refractivity (Wildman–Crippen MR) is 73.9 cm³/mol. The van der Waals surface area contributed by atoms with E-state index in [1.54, 1.807) is 27.4 Å². The fourth-order valence-electron chi connectivity index (χ4n) is 2.71. The van der Waals surface area contributed by atoms with Gasteiger partial charge in [-0.2, -0.15) is 4.99 Å². The summed E-state index contributed by atoms with van der Waals surface area (Å²) in [6.07, 6.45) is 4.38. The summed E-state index contributed by atoms with van der Waals surface area (Å²) in [6, 6.07) is 3.87. The molecule has 0 saturated heterocycles. The van der Waals surface area contributed by atoms with Crippen LogP contribution in [0.15, 0.2) is 17.1 Å². The number of isocyanates is 1. The minimum atomic E-state index is -0.508. The zero-order valence-corrected chi connectivity index (χ0v) is 12.1. The summed E-state index contributed by atoms with van der Waals surface area (Å²) in [5, 5.41) is 0. The van der Waals surface area contributed by atoms with Gasteiger partial charge in [0.1, 0.15) is 5.54 Å². The van der Waals surface area contributed by atoms with Crippen LogP contribution >= 0.6 is 0 Å². The lowest BCUT2D eigenvalue weighted by molar-refractivity contribution is 0.180. The second kappa shape index (κ2) is 6.07. The van der Waals surface area contributed by atoms with Crippen molar-refractivity contribution in [3.8, 4) is 11.5 Å².